The minimum atomic E-state index is -3.81. The van der Waals surface area contributed by atoms with E-state index in [1.54, 1.807) is 31.2 Å². The Bertz CT molecular complexity index is 937. The third-order valence-electron chi connectivity index (χ3n) is 3.01. The Kier molecular flexibility index (Phi) is 3.83. The summed E-state index contributed by atoms with van der Waals surface area (Å²) < 4.78 is 45.2. The smallest absolute Gasteiger partial charge is 0.261 e. The highest BCUT2D eigenvalue weighted by Gasteiger charge is 2.15. The summed E-state index contributed by atoms with van der Waals surface area (Å²) in [5, 5.41) is 7.62. The van der Waals surface area contributed by atoms with Crippen molar-refractivity contribution in [1.82, 2.24) is 10.2 Å². The van der Waals surface area contributed by atoms with Gasteiger partial charge in [0, 0.05) is 18.2 Å². The van der Waals surface area contributed by atoms with Crippen LogP contribution in [0.2, 0.25) is 0 Å². The van der Waals surface area contributed by atoms with Crippen LogP contribution in [0, 0.1) is 12.7 Å². The molecule has 23 heavy (non-hydrogen) atoms. The van der Waals surface area contributed by atoms with Crippen LogP contribution < -0.4 is 4.72 Å². The van der Waals surface area contributed by atoms with Gasteiger partial charge in [0.2, 0.25) is 11.8 Å². The highest BCUT2D eigenvalue weighted by Crippen LogP contribution is 2.23. The minimum Gasteiger partial charge on any atom is -0.421 e. The van der Waals surface area contributed by atoms with Crippen molar-refractivity contribution in [2.45, 2.75) is 11.8 Å². The number of anilines is 1. The van der Waals surface area contributed by atoms with E-state index in [0.29, 0.717) is 23.0 Å². The summed E-state index contributed by atoms with van der Waals surface area (Å²) in [6.45, 7) is 1.66. The average molecular weight is 333 g/mol. The normalized spacial score (nSPS) is 11.4. The van der Waals surface area contributed by atoms with E-state index in [9.17, 15) is 12.8 Å². The highest BCUT2D eigenvalue weighted by atomic mass is 32.2. The molecule has 3 aromatic rings. The standard InChI is InChI=1S/C15H12FN3O3S/c1-10-17-18-15(22-10)11-3-2-4-13(9-11)19-23(20,21)14-7-5-12(16)6-8-14/h2-9,19H,1H3. The Morgan fingerprint density at radius 2 is 1.83 bits per heavy atom. The summed E-state index contributed by atoms with van der Waals surface area (Å²) in [6, 6.07) is 11.1. The second-order valence-electron chi connectivity index (χ2n) is 4.77. The molecule has 0 aliphatic carbocycles. The van der Waals surface area contributed by atoms with Gasteiger partial charge in [0.15, 0.2) is 0 Å². The first-order chi connectivity index (χ1) is 10.9. The third kappa shape index (κ3) is 3.37. The molecule has 1 heterocycles. The fourth-order valence-electron chi connectivity index (χ4n) is 1.96. The molecule has 8 heteroatoms. The van der Waals surface area contributed by atoms with E-state index in [4.69, 9.17) is 4.42 Å². The predicted molar refractivity (Wildman–Crippen MR) is 81.7 cm³/mol. The zero-order valence-corrected chi connectivity index (χ0v) is 12.8. The van der Waals surface area contributed by atoms with Crippen molar-refractivity contribution in [2.75, 3.05) is 4.72 Å². The Morgan fingerprint density at radius 3 is 2.48 bits per heavy atom. The number of nitrogens with one attached hydrogen (secondary N) is 1. The fourth-order valence-corrected chi connectivity index (χ4v) is 3.01. The molecule has 0 saturated carbocycles. The Labute approximate surface area is 132 Å². The zero-order chi connectivity index (χ0) is 16.4. The van der Waals surface area contributed by atoms with E-state index in [2.05, 4.69) is 14.9 Å². The van der Waals surface area contributed by atoms with Gasteiger partial charge < -0.3 is 4.42 Å². The molecule has 0 aliphatic heterocycles. The number of benzene rings is 2. The Balaban J connectivity index is 1.89. The van der Waals surface area contributed by atoms with E-state index in [-0.39, 0.29) is 4.90 Å². The quantitative estimate of drug-likeness (QED) is 0.793. The Morgan fingerprint density at radius 1 is 1.09 bits per heavy atom. The summed E-state index contributed by atoms with van der Waals surface area (Å²) in [6.07, 6.45) is 0. The topological polar surface area (TPSA) is 85.1 Å². The lowest BCUT2D eigenvalue weighted by Gasteiger charge is -2.08. The van der Waals surface area contributed by atoms with Gasteiger partial charge in [-0.3, -0.25) is 4.72 Å². The maximum Gasteiger partial charge on any atom is 0.261 e. The molecular weight excluding hydrogens is 321 g/mol. The van der Waals surface area contributed by atoms with Gasteiger partial charge in [-0.2, -0.15) is 0 Å². The van der Waals surface area contributed by atoms with E-state index in [1.807, 2.05) is 0 Å². The fraction of sp³-hybridized carbons (Fsp3) is 0.0667. The number of nitrogens with zero attached hydrogens (tertiary/aromatic N) is 2. The lowest BCUT2D eigenvalue weighted by molar-refractivity contribution is 0.533. The molecule has 0 fully saturated rings. The van der Waals surface area contributed by atoms with Crippen molar-refractivity contribution >= 4 is 15.7 Å². The molecule has 0 atom stereocenters. The van der Waals surface area contributed by atoms with Crippen LogP contribution in [-0.2, 0) is 10.0 Å². The molecule has 0 saturated heterocycles. The van der Waals surface area contributed by atoms with E-state index in [0.717, 1.165) is 12.1 Å². The second-order valence-corrected chi connectivity index (χ2v) is 6.45. The van der Waals surface area contributed by atoms with Gasteiger partial charge in [-0.15, -0.1) is 10.2 Å². The number of halogens is 1. The molecule has 0 bridgehead atoms. The molecule has 118 valence electrons. The first kappa shape index (κ1) is 15.2. The van der Waals surface area contributed by atoms with Gasteiger partial charge in [-0.1, -0.05) is 6.07 Å². The summed E-state index contributed by atoms with van der Waals surface area (Å²) in [4.78, 5) is -0.0297. The molecule has 3 rings (SSSR count). The van der Waals surface area contributed by atoms with Crippen molar-refractivity contribution in [3.8, 4) is 11.5 Å². The lowest BCUT2D eigenvalue weighted by Crippen LogP contribution is -2.12. The van der Waals surface area contributed by atoms with E-state index < -0.39 is 15.8 Å². The van der Waals surface area contributed by atoms with Crippen LogP contribution in [0.3, 0.4) is 0 Å². The van der Waals surface area contributed by atoms with Crippen LogP contribution in [-0.4, -0.2) is 18.6 Å². The van der Waals surface area contributed by atoms with E-state index in [1.165, 1.54) is 12.1 Å². The van der Waals surface area contributed by atoms with Crippen molar-refractivity contribution in [3.63, 3.8) is 0 Å². The maximum atomic E-state index is 12.9. The predicted octanol–water partition coefficient (Wildman–Crippen LogP) is 2.98. The molecule has 1 N–H and O–H groups in total. The van der Waals surface area contributed by atoms with Crippen LogP contribution in [0.25, 0.3) is 11.5 Å². The number of hydrogen-bond acceptors (Lipinski definition) is 5. The van der Waals surface area contributed by atoms with Gasteiger partial charge >= 0.3 is 0 Å². The first-order valence-corrected chi connectivity index (χ1v) is 8.11. The number of aromatic nitrogens is 2. The second kappa shape index (κ2) is 5.81. The van der Waals surface area contributed by atoms with Crippen LogP contribution >= 0.6 is 0 Å². The minimum absolute atomic E-state index is 0.0297. The summed E-state index contributed by atoms with van der Waals surface area (Å²) in [7, 11) is -3.81. The molecule has 0 radical (unpaired) electrons. The molecule has 0 unspecified atom stereocenters. The molecule has 0 spiro atoms. The maximum absolute atomic E-state index is 12.9. The molecule has 0 aliphatic rings. The van der Waals surface area contributed by atoms with Gasteiger partial charge in [-0.25, -0.2) is 12.8 Å². The van der Waals surface area contributed by atoms with Crippen molar-refractivity contribution < 1.29 is 17.2 Å². The number of sulfonamides is 1. The van der Waals surface area contributed by atoms with Gasteiger partial charge in [0.25, 0.3) is 10.0 Å². The molecule has 2 aromatic carbocycles. The van der Waals surface area contributed by atoms with Gasteiger partial charge in [-0.05, 0) is 42.5 Å². The SMILES string of the molecule is Cc1nnc(-c2cccc(NS(=O)(=O)c3ccc(F)cc3)c2)o1. The number of hydrogen-bond donors (Lipinski definition) is 1. The summed E-state index contributed by atoms with van der Waals surface area (Å²) >= 11 is 0. The molecule has 6 nitrogen and oxygen atoms in total. The summed E-state index contributed by atoms with van der Waals surface area (Å²) in [5.41, 5.74) is 0.924. The van der Waals surface area contributed by atoms with Crippen molar-refractivity contribution in [3.05, 3.63) is 60.2 Å². The van der Waals surface area contributed by atoms with E-state index >= 15 is 0 Å². The van der Waals surface area contributed by atoms with Crippen LogP contribution in [0.1, 0.15) is 5.89 Å². The largest absolute Gasteiger partial charge is 0.421 e. The average Bonchev–Trinajstić information content (AvgIpc) is 2.94. The third-order valence-corrected chi connectivity index (χ3v) is 4.41. The molecule has 1 aromatic heterocycles. The van der Waals surface area contributed by atoms with Crippen LogP contribution in [0.4, 0.5) is 10.1 Å². The van der Waals surface area contributed by atoms with Gasteiger partial charge in [0.05, 0.1) is 4.90 Å². The monoisotopic (exact) mass is 333 g/mol. The molecular formula is C15H12FN3O3S. The van der Waals surface area contributed by atoms with Crippen LogP contribution in [0.15, 0.2) is 57.8 Å². The summed E-state index contributed by atoms with van der Waals surface area (Å²) in [5.74, 6) is 0.209. The van der Waals surface area contributed by atoms with Gasteiger partial charge in [0.1, 0.15) is 5.82 Å². The van der Waals surface area contributed by atoms with Crippen molar-refractivity contribution in [2.24, 2.45) is 0 Å². The molecule has 0 amide bonds. The number of rotatable bonds is 4. The zero-order valence-electron chi connectivity index (χ0n) is 12.0. The van der Waals surface area contributed by atoms with Crippen LogP contribution in [0.5, 0.6) is 0 Å². The lowest BCUT2D eigenvalue weighted by atomic mass is 10.2. The highest BCUT2D eigenvalue weighted by molar-refractivity contribution is 7.92. The number of aryl methyl sites for hydroxylation is 1. The Hall–Kier alpha value is -2.74. The van der Waals surface area contributed by atoms with Crippen molar-refractivity contribution in [1.29, 1.82) is 0 Å². The first-order valence-electron chi connectivity index (χ1n) is 6.63.